The Morgan fingerprint density at radius 3 is 2.66 bits per heavy atom. The van der Waals surface area contributed by atoms with Crippen LogP contribution in [0.2, 0.25) is 0 Å². The molecule has 3 aliphatic rings. The highest BCUT2D eigenvalue weighted by Crippen LogP contribution is 2.49. The van der Waals surface area contributed by atoms with Gasteiger partial charge in [-0.2, -0.15) is 5.10 Å². The van der Waals surface area contributed by atoms with Crippen LogP contribution in [0, 0.1) is 6.92 Å². The van der Waals surface area contributed by atoms with Gasteiger partial charge in [0.1, 0.15) is 12.4 Å². The van der Waals surface area contributed by atoms with Crippen molar-refractivity contribution in [1.82, 2.24) is 15.1 Å². The summed E-state index contributed by atoms with van der Waals surface area (Å²) in [4.78, 5) is 28.4. The number of nitrogens with one attached hydrogen (secondary N) is 1. The number of ether oxygens (including phenoxy) is 2. The third-order valence-electron chi connectivity index (χ3n) is 6.99. The molecule has 38 heavy (non-hydrogen) atoms. The minimum Gasteiger partial charge on any atom is -0.454 e. The summed E-state index contributed by atoms with van der Waals surface area (Å²) in [6.45, 7) is 8.59. The highest BCUT2D eigenvalue weighted by Gasteiger charge is 2.40. The molecule has 2 aromatic carbocycles. The van der Waals surface area contributed by atoms with Gasteiger partial charge in [0.15, 0.2) is 11.5 Å². The molecule has 0 saturated heterocycles. The topological polar surface area (TPSA) is 85.7 Å². The number of hydrogen-bond acceptors (Lipinski definition) is 6. The molecule has 9 heteroatoms. The van der Waals surface area contributed by atoms with Crippen LogP contribution in [-0.2, 0) is 15.0 Å². The Morgan fingerprint density at radius 1 is 1.13 bits per heavy atom. The Kier molecular flexibility index (Phi) is 6.13. The normalized spacial score (nSPS) is 18.8. The van der Waals surface area contributed by atoms with E-state index in [0.717, 1.165) is 40.9 Å². The lowest BCUT2D eigenvalue weighted by Gasteiger charge is -2.24. The molecule has 6 rings (SSSR count). The van der Waals surface area contributed by atoms with Gasteiger partial charge in [-0.25, -0.2) is 4.68 Å². The maximum absolute atomic E-state index is 13.7. The molecule has 1 fully saturated rings. The first-order valence-corrected chi connectivity index (χ1v) is 14.1. The number of aryl methyl sites for hydroxylation is 1. The Labute approximate surface area is 226 Å². The van der Waals surface area contributed by atoms with E-state index in [-0.39, 0.29) is 47.6 Å². The summed E-state index contributed by atoms with van der Waals surface area (Å²) in [6.07, 6.45) is 1.98. The highest BCUT2D eigenvalue weighted by atomic mass is 32.2. The van der Waals surface area contributed by atoms with Crippen LogP contribution in [0.1, 0.15) is 61.2 Å². The average molecular weight is 533 g/mol. The number of nitrogens with zero attached hydrogens (tertiary/aromatic N) is 3. The third kappa shape index (κ3) is 4.64. The van der Waals surface area contributed by atoms with Gasteiger partial charge in [-0.3, -0.25) is 14.5 Å². The Bertz CT molecular complexity index is 1420. The van der Waals surface area contributed by atoms with Crippen LogP contribution < -0.4 is 19.7 Å². The summed E-state index contributed by atoms with van der Waals surface area (Å²) in [5, 5.41) is 8.01. The van der Waals surface area contributed by atoms with Crippen LogP contribution in [0.5, 0.6) is 11.5 Å². The lowest BCUT2D eigenvalue weighted by molar-refractivity contribution is -0.123. The summed E-state index contributed by atoms with van der Waals surface area (Å²) < 4.78 is 13.1. The molecule has 1 N–H and O–H groups in total. The van der Waals surface area contributed by atoms with Crippen molar-refractivity contribution < 1.29 is 19.1 Å². The molecule has 3 aromatic rings. The second-order valence-corrected chi connectivity index (χ2v) is 12.3. The van der Waals surface area contributed by atoms with Gasteiger partial charge in [-0.15, -0.1) is 11.8 Å². The van der Waals surface area contributed by atoms with Crippen molar-refractivity contribution in [3.8, 4) is 17.2 Å². The smallest absolute Gasteiger partial charge is 0.240 e. The van der Waals surface area contributed by atoms with Crippen molar-refractivity contribution >= 4 is 29.4 Å². The van der Waals surface area contributed by atoms with Gasteiger partial charge in [0, 0.05) is 17.0 Å². The summed E-state index contributed by atoms with van der Waals surface area (Å²) >= 11 is 1.56. The molecule has 1 aromatic heterocycles. The maximum atomic E-state index is 13.7. The molecule has 0 spiro atoms. The van der Waals surface area contributed by atoms with Gasteiger partial charge in [-0.1, -0.05) is 39.0 Å². The number of amides is 2. The van der Waals surface area contributed by atoms with E-state index in [9.17, 15) is 9.59 Å². The number of carbonyl (C=O) groups excluding carboxylic acids is 2. The quantitative estimate of drug-likeness (QED) is 0.515. The molecule has 0 radical (unpaired) electrons. The van der Waals surface area contributed by atoms with Crippen LogP contribution >= 0.6 is 11.8 Å². The van der Waals surface area contributed by atoms with E-state index >= 15 is 0 Å². The fourth-order valence-electron chi connectivity index (χ4n) is 5.00. The summed E-state index contributed by atoms with van der Waals surface area (Å²) in [7, 11) is 0. The molecule has 1 unspecified atom stereocenters. The van der Waals surface area contributed by atoms with Gasteiger partial charge in [-0.05, 0) is 55.2 Å². The molecule has 2 amide bonds. The largest absolute Gasteiger partial charge is 0.454 e. The number of benzene rings is 2. The first kappa shape index (κ1) is 24.9. The molecular formula is C29H32N4O4S. The molecule has 8 nitrogen and oxygen atoms in total. The van der Waals surface area contributed by atoms with Crippen LogP contribution in [0.4, 0.5) is 5.82 Å². The number of rotatable bonds is 5. The zero-order valence-electron chi connectivity index (χ0n) is 22.1. The number of fused-ring (bicyclic) bond motifs is 2. The molecular weight excluding hydrogens is 500 g/mol. The number of anilines is 1. The minimum absolute atomic E-state index is 0.0438. The van der Waals surface area contributed by atoms with Gasteiger partial charge in [0.05, 0.1) is 22.4 Å². The highest BCUT2D eigenvalue weighted by molar-refractivity contribution is 8.00. The van der Waals surface area contributed by atoms with Crippen LogP contribution in [0.25, 0.3) is 5.69 Å². The summed E-state index contributed by atoms with van der Waals surface area (Å²) in [6, 6.07) is 14.2. The Balaban J connectivity index is 1.57. The minimum atomic E-state index is -0.316. The molecule has 1 atom stereocenters. The van der Waals surface area contributed by atoms with Gasteiger partial charge < -0.3 is 14.8 Å². The van der Waals surface area contributed by atoms with Crippen molar-refractivity contribution in [2.75, 3.05) is 24.0 Å². The Morgan fingerprint density at radius 2 is 1.92 bits per heavy atom. The lowest BCUT2D eigenvalue weighted by Crippen LogP contribution is -2.43. The fourth-order valence-corrected chi connectivity index (χ4v) is 6.18. The van der Waals surface area contributed by atoms with Crippen molar-refractivity contribution in [2.45, 2.75) is 57.2 Å². The standard InChI is InChI=1S/C29H32N4O4S/c1-17-6-5-7-20(12-17)33-28-25(27(31-33)29(2,3)4)26(18-8-11-21-22(13-18)37-16-36-21)38-15-24(35)32(28)14-23(34)30-19-9-10-19/h5-8,11-13,19,26H,9-10,14-16H2,1-4H3,(H,30,34). The second kappa shape index (κ2) is 9.38. The molecule has 198 valence electrons. The number of hydrogen-bond donors (Lipinski definition) is 1. The summed E-state index contributed by atoms with van der Waals surface area (Å²) in [5.74, 6) is 2.05. The van der Waals surface area contributed by atoms with E-state index < -0.39 is 0 Å². The number of carbonyl (C=O) groups is 2. The van der Waals surface area contributed by atoms with E-state index in [0.29, 0.717) is 17.3 Å². The van der Waals surface area contributed by atoms with Gasteiger partial charge in [0.2, 0.25) is 18.6 Å². The first-order valence-electron chi connectivity index (χ1n) is 13.0. The molecule has 3 heterocycles. The first-order chi connectivity index (χ1) is 18.2. The molecule has 2 aliphatic heterocycles. The van der Waals surface area contributed by atoms with E-state index in [1.165, 1.54) is 0 Å². The van der Waals surface area contributed by atoms with Crippen molar-refractivity contribution in [1.29, 1.82) is 0 Å². The van der Waals surface area contributed by atoms with E-state index in [1.54, 1.807) is 16.7 Å². The maximum Gasteiger partial charge on any atom is 0.240 e. The number of aromatic nitrogens is 2. The van der Waals surface area contributed by atoms with E-state index in [4.69, 9.17) is 14.6 Å². The summed E-state index contributed by atoms with van der Waals surface area (Å²) in [5.41, 5.74) is 4.48. The zero-order chi connectivity index (χ0) is 26.6. The van der Waals surface area contributed by atoms with Gasteiger partial charge in [0.25, 0.3) is 0 Å². The van der Waals surface area contributed by atoms with Crippen LogP contribution in [0.3, 0.4) is 0 Å². The van der Waals surface area contributed by atoms with Crippen LogP contribution in [-0.4, -0.2) is 46.7 Å². The third-order valence-corrected chi connectivity index (χ3v) is 8.24. The van der Waals surface area contributed by atoms with Crippen molar-refractivity contribution in [2.24, 2.45) is 0 Å². The zero-order valence-corrected chi connectivity index (χ0v) is 22.9. The van der Waals surface area contributed by atoms with Crippen LogP contribution in [0.15, 0.2) is 42.5 Å². The van der Waals surface area contributed by atoms with Gasteiger partial charge >= 0.3 is 0 Å². The molecule has 1 aliphatic carbocycles. The SMILES string of the molecule is Cc1cccc(-n2nc(C(C)(C)C)c3c2N(CC(=O)NC2CC2)C(=O)CSC3c2ccc3c(c2)OCO3)c1. The number of thioether (sulfide) groups is 1. The molecule has 0 bridgehead atoms. The lowest BCUT2D eigenvalue weighted by atomic mass is 9.87. The molecule has 1 saturated carbocycles. The second-order valence-electron chi connectivity index (χ2n) is 11.2. The Hall–Kier alpha value is -3.46. The van der Waals surface area contributed by atoms with E-state index in [2.05, 4.69) is 32.2 Å². The predicted octanol–water partition coefficient (Wildman–Crippen LogP) is 4.65. The van der Waals surface area contributed by atoms with Crippen molar-refractivity contribution in [3.05, 3.63) is 64.8 Å². The van der Waals surface area contributed by atoms with E-state index in [1.807, 2.05) is 48.0 Å². The fraction of sp³-hybridized carbons (Fsp3) is 0.414. The average Bonchev–Trinajstić information content (AvgIpc) is 3.43. The monoisotopic (exact) mass is 532 g/mol. The van der Waals surface area contributed by atoms with Crippen molar-refractivity contribution in [3.63, 3.8) is 0 Å². The predicted molar refractivity (Wildman–Crippen MR) is 147 cm³/mol.